The van der Waals surface area contributed by atoms with Crippen molar-refractivity contribution >= 4 is 0 Å². The van der Waals surface area contributed by atoms with Crippen LogP contribution >= 0.6 is 0 Å². The summed E-state index contributed by atoms with van der Waals surface area (Å²) in [4.78, 5) is 0. The second kappa shape index (κ2) is 5.07. The van der Waals surface area contributed by atoms with Gasteiger partial charge in [0.25, 0.3) is 5.92 Å². The van der Waals surface area contributed by atoms with Gasteiger partial charge in [0.05, 0.1) is 13.2 Å². The molecule has 84 valence electrons. The maximum absolute atomic E-state index is 13.4. The quantitative estimate of drug-likeness (QED) is 0.814. The van der Waals surface area contributed by atoms with Crippen LogP contribution in [0.4, 0.5) is 8.78 Å². The lowest BCUT2D eigenvalue weighted by Crippen LogP contribution is -2.27. The zero-order valence-electron chi connectivity index (χ0n) is 8.89. The third kappa shape index (κ3) is 3.16. The predicted molar refractivity (Wildman–Crippen MR) is 55.4 cm³/mol. The van der Waals surface area contributed by atoms with Crippen molar-refractivity contribution in [2.24, 2.45) is 0 Å². The average molecular weight is 215 g/mol. The zero-order valence-corrected chi connectivity index (χ0v) is 8.89. The second-order valence-corrected chi connectivity index (χ2v) is 3.19. The van der Waals surface area contributed by atoms with Crippen molar-refractivity contribution in [2.45, 2.75) is 12.8 Å². The van der Waals surface area contributed by atoms with Crippen molar-refractivity contribution in [1.29, 1.82) is 0 Å². The Morgan fingerprint density at radius 3 is 2.33 bits per heavy atom. The first kappa shape index (κ1) is 11.9. The number of hydrogen-bond acceptors (Lipinski definition) is 2. The van der Waals surface area contributed by atoms with Crippen LogP contribution in [-0.2, 0) is 5.92 Å². The van der Waals surface area contributed by atoms with Crippen molar-refractivity contribution in [2.75, 3.05) is 20.2 Å². The van der Waals surface area contributed by atoms with Gasteiger partial charge in [0, 0.05) is 5.56 Å². The Kier molecular flexibility index (Phi) is 4.03. The van der Waals surface area contributed by atoms with Crippen LogP contribution in [0, 0.1) is 0 Å². The number of rotatable bonds is 5. The Balaban J connectivity index is 2.78. The molecule has 0 unspecified atom stereocenters. The van der Waals surface area contributed by atoms with Crippen LogP contribution < -0.4 is 10.1 Å². The van der Waals surface area contributed by atoms with E-state index in [1.54, 1.807) is 12.1 Å². The third-order valence-electron chi connectivity index (χ3n) is 1.99. The minimum Gasteiger partial charge on any atom is -0.494 e. The van der Waals surface area contributed by atoms with Gasteiger partial charge >= 0.3 is 0 Å². The van der Waals surface area contributed by atoms with Gasteiger partial charge in [-0.25, -0.2) is 0 Å². The fourth-order valence-electron chi connectivity index (χ4n) is 1.29. The number of benzene rings is 1. The van der Waals surface area contributed by atoms with E-state index in [4.69, 9.17) is 4.74 Å². The van der Waals surface area contributed by atoms with Gasteiger partial charge in [-0.3, -0.25) is 0 Å². The summed E-state index contributed by atoms with van der Waals surface area (Å²) in [7, 11) is 1.50. The van der Waals surface area contributed by atoms with Gasteiger partial charge in [-0.2, -0.15) is 8.78 Å². The molecule has 0 saturated heterocycles. The first-order chi connectivity index (χ1) is 7.10. The maximum atomic E-state index is 13.4. The number of nitrogens with one attached hydrogen (secondary N) is 1. The minimum atomic E-state index is -2.83. The molecule has 4 heteroatoms. The minimum absolute atomic E-state index is 0.000281. The molecular weight excluding hydrogens is 200 g/mol. The lowest BCUT2D eigenvalue weighted by molar-refractivity contribution is -0.00128. The van der Waals surface area contributed by atoms with Crippen molar-refractivity contribution in [3.8, 4) is 5.75 Å². The molecule has 0 bridgehead atoms. The molecule has 0 fully saturated rings. The van der Waals surface area contributed by atoms with Gasteiger partial charge in [-0.15, -0.1) is 0 Å². The molecule has 1 aromatic carbocycles. The van der Waals surface area contributed by atoms with Gasteiger partial charge in [-0.1, -0.05) is 0 Å². The van der Waals surface area contributed by atoms with Crippen LogP contribution in [0.5, 0.6) is 5.75 Å². The summed E-state index contributed by atoms with van der Waals surface area (Å²) < 4.78 is 31.9. The fourth-order valence-corrected chi connectivity index (χ4v) is 1.29. The van der Waals surface area contributed by atoms with E-state index in [1.807, 2.05) is 6.92 Å². The monoisotopic (exact) mass is 215 g/mol. The van der Waals surface area contributed by atoms with Crippen LogP contribution in [0.1, 0.15) is 12.5 Å². The van der Waals surface area contributed by atoms with Crippen molar-refractivity contribution in [3.05, 3.63) is 29.8 Å². The van der Waals surface area contributed by atoms with Crippen LogP contribution in [0.3, 0.4) is 0 Å². The second-order valence-electron chi connectivity index (χ2n) is 3.19. The number of hydrogen-bond donors (Lipinski definition) is 1. The zero-order chi connectivity index (χ0) is 11.3. The molecule has 1 aromatic rings. The van der Waals surface area contributed by atoms with Gasteiger partial charge in [0.15, 0.2) is 0 Å². The van der Waals surface area contributed by atoms with E-state index in [0.29, 0.717) is 12.4 Å². The van der Waals surface area contributed by atoms with Gasteiger partial charge in [0.2, 0.25) is 0 Å². The van der Waals surface area contributed by atoms with E-state index in [-0.39, 0.29) is 12.1 Å². The summed E-state index contributed by atoms with van der Waals surface area (Å²) >= 11 is 0. The molecule has 1 rings (SSSR count). The van der Waals surface area contributed by atoms with Gasteiger partial charge < -0.3 is 10.1 Å². The summed E-state index contributed by atoms with van der Waals surface area (Å²) in [5, 5.41) is 2.46. The number of alkyl halides is 2. The summed E-state index contributed by atoms with van der Waals surface area (Å²) in [6.07, 6.45) is 0. The number of ether oxygens (including phenoxy) is 1. The lowest BCUT2D eigenvalue weighted by atomic mass is 10.1. The molecule has 0 aliphatic carbocycles. The summed E-state index contributed by atoms with van der Waals surface area (Å²) in [5.41, 5.74) is 0.000281. The van der Waals surface area contributed by atoms with Crippen LogP contribution in [0.15, 0.2) is 24.3 Å². The average Bonchev–Trinajstić information content (AvgIpc) is 2.19. The van der Waals surface area contributed by atoms with Crippen LogP contribution in [0.25, 0.3) is 0 Å². The van der Waals surface area contributed by atoms with E-state index in [2.05, 4.69) is 5.32 Å². The normalized spacial score (nSPS) is 11.5. The Morgan fingerprint density at radius 1 is 1.27 bits per heavy atom. The highest BCUT2D eigenvalue weighted by Gasteiger charge is 2.30. The topological polar surface area (TPSA) is 21.3 Å². The Morgan fingerprint density at radius 2 is 1.87 bits per heavy atom. The fraction of sp³-hybridized carbons (Fsp3) is 0.455. The van der Waals surface area contributed by atoms with Gasteiger partial charge in [-0.05, 0) is 38.2 Å². The summed E-state index contributed by atoms with van der Waals surface area (Å²) in [6.45, 7) is 2.02. The largest absolute Gasteiger partial charge is 0.494 e. The third-order valence-corrected chi connectivity index (χ3v) is 1.99. The molecule has 15 heavy (non-hydrogen) atoms. The van der Waals surface area contributed by atoms with E-state index < -0.39 is 5.92 Å². The predicted octanol–water partition coefficient (Wildman–Crippen LogP) is 2.40. The molecule has 2 nitrogen and oxygen atoms in total. The van der Waals surface area contributed by atoms with E-state index in [9.17, 15) is 8.78 Å². The van der Waals surface area contributed by atoms with Crippen LogP contribution in [0.2, 0.25) is 0 Å². The number of halogens is 2. The molecule has 0 radical (unpaired) electrons. The smallest absolute Gasteiger partial charge is 0.285 e. The van der Waals surface area contributed by atoms with E-state index in [1.165, 1.54) is 19.2 Å². The summed E-state index contributed by atoms with van der Waals surface area (Å²) in [5.74, 6) is -2.22. The van der Waals surface area contributed by atoms with Crippen molar-refractivity contribution < 1.29 is 13.5 Å². The Bertz CT molecular complexity index is 298. The molecule has 0 aliphatic heterocycles. The van der Waals surface area contributed by atoms with Gasteiger partial charge in [0.1, 0.15) is 5.75 Å². The summed E-state index contributed by atoms with van der Waals surface area (Å²) in [6, 6.07) is 5.90. The van der Waals surface area contributed by atoms with Crippen molar-refractivity contribution in [1.82, 2.24) is 5.32 Å². The molecule has 1 N–H and O–H groups in total. The molecular formula is C11H15F2NO. The lowest BCUT2D eigenvalue weighted by Gasteiger charge is -2.16. The van der Waals surface area contributed by atoms with E-state index >= 15 is 0 Å². The molecule has 0 aromatic heterocycles. The number of likely N-dealkylation sites (N-methyl/N-ethyl adjacent to an activating group) is 1. The molecule has 0 atom stereocenters. The Hall–Kier alpha value is -1.16. The van der Waals surface area contributed by atoms with Crippen LogP contribution in [-0.4, -0.2) is 20.2 Å². The molecule has 0 spiro atoms. The molecule has 0 amide bonds. The molecule has 0 aliphatic rings. The highest BCUT2D eigenvalue weighted by Crippen LogP contribution is 2.28. The first-order valence-corrected chi connectivity index (χ1v) is 4.86. The molecule has 0 saturated carbocycles. The highest BCUT2D eigenvalue weighted by atomic mass is 19.3. The van der Waals surface area contributed by atoms with E-state index in [0.717, 1.165) is 0 Å². The standard InChI is InChI=1S/C11H15F2NO/c1-3-15-10-6-4-9(5-7-10)11(12,13)8-14-2/h4-7,14H,3,8H2,1-2H3. The van der Waals surface area contributed by atoms with Crippen molar-refractivity contribution in [3.63, 3.8) is 0 Å². The SMILES string of the molecule is CCOc1ccc(C(F)(F)CNC)cc1. The first-order valence-electron chi connectivity index (χ1n) is 4.86. The highest BCUT2D eigenvalue weighted by molar-refractivity contribution is 5.30. The maximum Gasteiger partial charge on any atom is 0.285 e. The molecule has 0 heterocycles. The Labute approximate surface area is 88.3 Å².